The molecule has 3 heteroatoms. The Morgan fingerprint density at radius 3 is 2.60 bits per heavy atom. The molecule has 0 aliphatic rings. The maximum Gasteiger partial charge on any atom is 0.134 e. The average molecular weight is 330 g/mol. The third-order valence-corrected chi connectivity index (χ3v) is 4.88. The molecule has 0 aliphatic carbocycles. The van der Waals surface area contributed by atoms with E-state index in [1.807, 2.05) is 30.6 Å². The molecule has 102 valence electrons. The van der Waals surface area contributed by atoms with Crippen LogP contribution >= 0.6 is 15.9 Å². The fourth-order valence-corrected chi connectivity index (χ4v) is 2.93. The van der Waals surface area contributed by atoms with Crippen molar-refractivity contribution in [2.75, 3.05) is 0 Å². The van der Waals surface area contributed by atoms with E-state index in [9.17, 15) is 0 Å². The van der Waals surface area contributed by atoms with Crippen molar-refractivity contribution in [1.29, 1.82) is 0 Å². The molecule has 0 aliphatic heterocycles. The largest absolute Gasteiger partial charge is 0.460 e. The maximum absolute atomic E-state index is 5.96. The molecule has 0 amide bonds. The third kappa shape index (κ3) is 2.50. The van der Waals surface area contributed by atoms with Gasteiger partial charge in [0.05, 0.1) is 4.83 Å². The number of aromatic nitrogens is 1. The molecular weight excluding hydrogens is 314 g/mol. The van der Waals surface area contributed by atoms with Gasteiger partial charge in [-0.3, -0.25) is 4.98 Å². The van der Waals surface area contributed by atoms with Crippen LogP contribution in [-0.4, -0.2) is 4.98 Å². The molecule has 0 saturated heterocycles. The molecule has 3 aromatic rings. The summed E-state index contributed by atoms with van der Waals surface area (Å²) in [7, 11) is 0. The molecular formula is C17H16BrNO. The van der Waals surface area contributed by atoms with Crippen LogP contribution in [0.25, 0.3) is 11.0 Å². The van der Waals surface area contributed by atoms with Crippen molar-refractivity contribution in [1.82, 2.24) is 4.98 Å². The van der Waals surface area contributed by atoms with E-state index in [-0.39, 0.29) is 4.83 Å². The van der Waals surface area contributed by atoms with Crippen LogP contribution in [0.4, 0.5) is 0 Å². The lowest BCUT2D eigenvalue weighted by Gasteiger charge is -2.16. The Morgan fingerprint density at radius 1 is 1.10 bits per heavy atom. The summed E-state index contributed by atoms with van der Waals surface area (Å²) in [5, 5.41) is 1.16. The zero-order valence-electron chi connectivity index (χ0n) is 11.5. The standard InChI is InChI=1S/C17H16BrNO/c1-11-3-4-15-14(9-11)10-16(20-15)17(18)12(2)13-5-7-19-8-6-13/h3-10,12,17H,1-2H3. The Bertz CT molecular complexity index is 720. The van der Waals surface area contributed by atoms with Crippen LogP contribution in [0.15, 0.2) is 53.2 Å². The molecule has 0 spiro atoms. The number of nitrogens with zero attached hydrogens (tertiary/aromatic N) is 1. The summed E-state index contributed by atoms with van der Waals surface area (Å²) < 4.78 is 5.96. The van der Waals surface area contributed by atoms with E-state index in [1.54, 1.807) is 0 Å². The van der Waals surface area contributed by atoms with E-state index < -0.39 is 0 Å². The van der Waals surface area contributed by atoms with Gasteiger partial charge in [0.25, 0.3) is 0 Å². The van der Waals surface area contributed by atoms with Crippen molar-refractivity contribution >= 4 is 26.9 Å². The van der Waals surface area contributed by atoms with Gasteiger partial charge in [-0.2, -0.15) is 0 Å². The van der Waals surface area contributed by atoms with E-state index in [1.165, 1.54) is 11.1 Å². The van der Waals surface area contributed by atoms with Crippen molar-refractivity contribution in [3.63, 3.8) is 0 Å². The van der Waals surface area contributed by atoms with Crippen molar-refractivity contribution in [3.8, 4) is 0 Å². The van der Waals surface area contributed by atoms with Gasteiger partial charge < -0.3 is 4.42 Å². The van der Waals surface area contributed by atoms with Gasteiger partial charge in [0.2, 0.25) is 0 Å². The molecule has 2 aromatic heterocycles. The van der Waals surface area contributed by atoms with Gasteiger partial charge in [-0.15, -0.1) is 0 Å². The summed E-state index contributed by atoms with van der Waals surface area (Å²) in [4.78, 5) is 4.22. The molecule has 2 heterocycles. The Hall–Kier alpha value is -1.61. The lowest BCUT2D eigenvalue weighted by Crippen LogP contribution is -2.01. The van der Waals surface area contributed by atoms with Gasteiger partial charge in [0.1, 0.15) is 11.3 Å². The molecule has 2 unspecified atom stereocenters. The summed E-state index contributed by atoms with van der Waals surface area (Å²) in [5.41, 5.74) is 3.44. The van der Waals surface area contributed by atoms with Gasteiger partial charge >= 0.3 is 0 Å². The number of hydrogen-bond donors (Lipinski definition) is 0. The van der Waals surface area contributed by atoms with Crippen LogP contribution in [0.1, 0.15) is 34.6 Å². The molecule has 0 bridgehead atoms. The van der Waals surface area contributed by atoms with Gasteiger partial charge in [-0.05, 0) is 42.8 Å². The molecule has 0 saturated carbocycles. The minimum Gasteiger partial charge on any atom is -0.460 e. The Kier molecular flexibility index (Phi) is 3.62. The number of pyridine rings is 1. The number of aryl methyl sites for hydroxylation is 1. The number of alkyl halides is 1. The van der Waals surface area contributed by atoms with Gasteiger partial charge in [-0.1, -0.05) is 34.5 Å². The topological polar surface area (TPSA) is 26.0 Å². The third-order valence-electron chi connectivity index (χ3n) is 3.63. The van der Waals surface area contributed by atoms with E-state index >= 15 is 0 Å². The number of furan rings is 1. The fourth-order valence-electron chi connectivity index (χ4n) is 2.40. The second-order valence-electron chi connectivity index (χ2n) is 5.16. The van der Waals surface area contributed by atoms with Gasteiger partial charge in [0, 0.05) is 23.7 Å². The maximum atomic E-state index is 5.96. The lowest BCUT2D eigenvalue weighted by molar-refractivity contribution is 0.524. The summed E-state index contributed by atoms with van der Waals surface area (Å²) in [6.07, 6.45) is 3.65. The van der Waals surface area contributed by atoms with Crippen LogP contribution in [0.3, 0.4) is 0 Å². The first-order valence-corrected chi connectivity index (χ1v) is 7.61. The molecule has 0 fully saturated rings. The SMILES string of the molecule is Cc1ccc2oc(C(Br)C(C)c3ccncc3)cc2c1. The van der Waals surface area contributed by atoms with Crippen molar-refractivity contribution < 1.29 is 4.42 Å². The number of fused-ring (bicyclic) bond motifs is 1. The van der Waals surface area contributed by atoms with Gasteiger partial charge in [0.15, 0.2) is 0 Å². The number of halogens is 1. The van der Waals surface area contributed by atoms with E-state index in [0.29, 0.717) is 5.92 Å². The highest BCUT2D eigenvalue weighted by Crippen LogP contribution is 2.39. The lowest BCUT2D eigenvalue weighted by atomic mass is 9.97. The first kappa shape index (κ1) is 13.4. The quantitative estimate of drug-likeness (QED) is 0.603. The second kappa shape index (κ2) is 5.41. The summed E-state index contributed by atoms with van der Waals surface area (Å²) in [6, 6.07) is 12.5. The zero-order valence-corrected chi connectivity index (χ0v) is 13.1. The molecule has 0 radical (unpaired) electrons. The zero-order chi connectivity index (χ0) is 14.1. The van der Waals surface area contributed by atoms with E-state index in [0.717, 1.165) is 16.7 Å². The number of rotatable bonds is 3. The highest BCUT2D eigenvalue weighted by Gasteiger charge is 2.21. The van der Waals surface area contributed by atoms with Crippen molar-refractivity contribution in [2.45, 2.75) is 24.6 Å². The van der Waals surface area contributed by atoms with Crippen LogP contribution in [0.5, 0.6) is 0 Å². The summed E-state index contributed by atoms with van der Waals surface area (Å²) >= 11 is 3.77. The highest BCUT2D eigenvalue weighted by atomic mass is 79.9. The molecule has 1 aromatic carbocycles. The van der Waals surface area contributed by atoms with Gasteiger partial charge in [-0.25, -0.2) is 0 Å². The molecule has 2 nitrogen and oxygen atoms in total. The van der Waals surface area contributed by atoms with Crippen LogP contribution in [0, 0.1) is 6.92 Å². The smallest absolute Gasteiger partial charge is 0.134 e. The fraction of sp³-hybridized carbons (Fsp3) is 0.235. The monoisotopic (exact) mass is 329 g/mol. The molecule has 2 atom stereocenters. The molecule has 20 heavy (non-hydrogen) atoms. The normalized spacial score (nSPS) is 14.3. The van der Waals surface area contributed by atoms with E-state index in [2.05, 4.69) is 53.0 Å². The minimum atomic E-state index is 0.151. The van der Waals surface area contributed by atoms with Crippen molar-refractivity contribution in [2.24, 2.45) is 0 Å². The predicted octanol–water partition coefficient (Wildman–Crippen LogP) is 5.38. The van der Waals surface area contributed by atoms with E-state index in [4.69, 9.17) is 4.42 Å². The second-order valence-corrected chi connectivity index (χ2v) is 6.15. The Balaban J connectivity index is 1.94. The first-order chi connectivity index (χ1) is 9.65. The average Bonchev–Trinajstić information content (AvgIpc) is 2.89. The highest BCUT2D eigenvalue weighted by molar-refractivity contribution is 9.09. The Morgan fingerprint density at radius 2 is 1.85 bits per heavy atom. The number of hydrogen-bond acceptors (Lipinski definition) is 2. The van der Waals surface area contributed by atoms with Crippen LogP contribution in [0.2, 0.25) is 0 Å². The van der Waals surface area contributed by atoms with Crippen molar-refractivity contribution in [3.05, 3.63) is 65.7 Å². The molecule has 3 rings (SSSR count). The van der Waals surface area contributed by atoms with Crippen LogP contribution in [-0.2, 0) is 0 Å². The summed E-state index contributed by atoms with van der Waals surface area (Å²) in [5.74, 6) is 1.29. The predicted molar refractivity (Wildman–Crippen MR) is 85.3 cm³/mol. The Labute approximate surface area is 127 Å². The summed E-state index contributed by atoms with van der Waals surface area (Å²) in [6.45, 7) is 4.28. The molecule has 0 N–H and O–H groups in total. The number of benzene rings is 1. The minimum absolute atomic E-state index is 0.151. The first-order valence-electron chi connectivity index (χ1n) is 6.69. The van der Waals surface area contributed by atoms with Crippen LogP contribution < -0.4 is 0 Å².